The number of nitrogens with one attached hydrogen (secondary N) is 1. The third-order valence-electron chi connectivity index (χ3n) is 4.66. The number of benzene rings is 1. The molecule has 1 unspecified atom stereocenters. The Morgan fingerprint density at radius 3 is 2.43 bits per heavy atom. The molecule has 1 heterocycles. The van der Waals surface area contributed by atoms with Gasteiger partial charge in [0.2, 0.25) is 10.0 Å². The highest BCUT2D eigenvalue weighted by Gasteiger charge is 2.24. The van der Waals surface area contributed by atoms with Crippen LogP contribution >= 0.6 is 22.9 Å². The SMILES string of the molecule is COC(=O)CCCc1ccc(C(CCC(C)(C)C)NS(=O)(=O)c2ccc(Cl)cc2)s1. The van der Waals surface area contributed by atoms with Crippen molar-refractivity contribution in [3.63, 3.8) is 0 Å². The van der Waals surface area contributed by atoms with E-state index in [1.807, 2.05) is 12.1 Å². The summed E-state index contributed by atoms with van der Waals surface area (Å²) in [7, 11) is -2.29. The number of carbonyl (C=O) groups is 1. The number of sulfonamides is 1. The standard InChI is InChI=1S/C22H30ClNO4S2/c1-22(2,3)15-14-19(24-30(26,27)18-11-8-16(23)9-12-18)20-13-10-17(29-20)6-5-7-21(25)28-4/h8-13,19,24H,5-7,14-15H2,1-4H3. The van der Waals surface area contributed by atoms with E-state index < -0.39 is 10.0 Å². The second-order valence-electron chi connectivity index (χ2n) is 8.46. The van der Waals surface area contributed by atoms with E-state index in [4.69, 9.17) is 11.6 Å². The van der Waals surface area contributed by atoms with E-state index >= 15 is 0 Å². The predicted octanol–water partition coefficient (Wildman–Crippen LogP) is 5.74. The molecule has 0 fully saturated rings. The number of thiophene rings is 1. The third kappa shape index (κ3) is 8.02. The molecule has 30 heavy (non-hydrogen) atoms. The van der Waals surface area contributed by atoms with E-state index in [1.54, 1.807) is 23.5 Å². The number of hydrogen-bond donors (Lipinski definition) is 1. The molecule has 5 nitrogen and oxygen atoms in total. The first-order valence-corrected chi connectivity index (χ1v) is 12.6. The smallest absolute Gasteiger partial charge is 0.305 e. The Morgan fingerprint density at radius 2 is 1.83 bits per heavy atom. The lowest BCUT2D eigenvalue weighted by Gasteiger charge is -2.23. The van der Waals surface area contributed by atoms with Gasteiger partial charge < -0.3 is 4.74 Å². The Bertz CT molecular complexity index is 931. The first kappa shape index (κ1) is 24.9. The number of aryl methyl sites for hydroxylation is 1. The van der Waals surface area contributed by atoms with Crippen LogP contribution in [0.4, 0.5) is 0 Å². The molecule has 0 aliphatic heterocycles. The van der Waals surface area contributed by atoms with Gasteiger partial charge in [-0.15, -0.1) is 11.3 Å². The summed E-state index contributed by atoms with van der Waals surface area (Å²) in [5, 5.41) is 0.494. The van der Waals surface area contributed by atoms with Gasteiger partial charge in [0.1, 0.15) is 0 Å². The molecule has 166 valence electrons. The van der Waals surface area contributed by atoms with Crippen LogP contribution in [-0.4, -0.2) is 21.5 Å². The number of methoxy groups -OCH3 is 1. The molecule has 0 aliphatic carbocycles. The zero-order valence-electron chi connectivity index (χ0n) is 17.9. The van der Waals surface area contributed by atoms with Crippen molar-refractivity contribution in [2.75, 3.05) is 7.11 Å². The lowest BCUT2D eigenvalue weighted by Crippen LogP contribution is -2.29. The lowest BCUT2D eigenvalue weighted by atomic mass is 9.88. The van der Waals surface area contributed by atoms with Crippen molar-refractivity contribution >= 4 is 38.9 Å². The molecule has 0 amide bonds. The fraction of sp³-hybridized carbons (Fsp3) is 0.500. The summed E-state index contributed by atoms with van der Waals surface area (Å²) in [4.78, 5) is 13.6. The molecule has 0 bridgehead atoms. The van der Waals surface area contributed by atoms with Gasteiger partial charge in [-0.25, -0.2) is 13.1 Å². The van der Waals surface area contributed by atoms with E-state index in [0.29, 0.717) is 24.3 Å². The van der Waals surface area contributed by atoms with Gasteiger partial charge in [0.15, 0.2) is 0 Å². The maximum atomic E-state index is 12.9. The van der Waals surface area contributed by atoms with Gasteiger partial charge in [-0.1, -0.05) is 32.4 Å². The molecule has 8 heteroatoms. The summed E-state index contributed by atoms with van der Waals surface area (Å²) < 4.78 is 33.4. The summed E-state index contributed by atoms with van der Waals surface area (Å²) >= 11 is 7.48. The van der Waals surface area contributed by atoms with E-state index in [-0.39, 0.29) is 22.3 Å². The van der Waals surface area contributed by atoms with E-state index in [0.717, 1.165) is 22.6 Å². The van der Waals surface area contributed by atoms with Crippen molar-refractivity contribution in [2.45, 2.75) is 63.8 Å². The number of esters is 1. The lowest BCUT2D eigenvalue weighted by molar-refractivity contribution is -0.140. The maximum absolute atomic E-state index is 12.9. The summed E-state index contributed by atoms with van der Waals surface area (Å²) in [6, 6.07) is 9.85. The molecule has 2 rings (SSSR count). The van der Waals surface area contributed by atoms with Gasteiger partial charge in [0, 0.05) is 21.2 Å². The summed E-state index contributed by atoms with van der Waals surface area (Å²) in [6.07, 6.45) is 3.40. The van der Waals surface area contributed by atoms with E-state index in [1.165, 1.54) is 19.2 Å². The molecule has 1 N–H and O–H groups in total. The van der Waals surface area contributed by atoms with Crippen LogP contribution < -0.4 is 4.72 Å². The highest BCUT2D eigenvalue weighted by molar-refractivity contribution is 7.89. The van der Waals surface area contributed by atoms with Gasteiger partial charge in [-0.3, -0.25) is 4.79 Å². The second-order valence-corrected chi connectivity index (χ2v) is 11.8. The summed E-state index contributed by atoms with van der Waals surface area (Å²) in [5.41, 5.74) is 0.0879. The zero-order valence-corrected chi connectivity index (χ0v) is 20.3. The van der Waals surface area contributed by atoms with E-state index in [9.17, 15) is 13.2 Å². The van der Waals surface area contributed by atoms with Crippen molar-refractivity contribution in [1.29, 1.82) is 0 Å². The van der Waals surface area contributed by atoms with Crippen LogP contribution in [0.2, 0.25) is 5.02 Å². The number of hydrogen-bond acceptors (Lipinski definition) is 5. The van der Waals surface area contributed by atoms with Crippen LogP contribution in [0.3, 0.4) is 0 Å². The van der Waals surface area contributed by atoms with Crippen LogP contribution in [0.1, 0.15) is 62.3 Å². The average Bonchev–Trinajstić information content (AvgIpc) is 3.13. The quantitative estimate of drug-likeness (QED) is 0.448. The van der Waals surface area contributed by atoms with Gasteiger partial charge in [-0.05, 0) is 67.5 Å². The van der Waals surface area contributed by atoms with Crippen molar-refractivity contribution < 1.29 is 17.9 Å². The van der Waals surface area contributed by atoms with Crippen LogP contribution in [0.5, 0.6) is 0 Å². The van der Waals surface area contributed by atoms with Gasteiger partial charge in [0.25, 0.3) is 0 Å². The molecule has 1 aromatic carbocycles. The molecular formula is C22H30ClNO4S2. The number of rotatable bonds is 10. The molecular weight excluding hydrogens is 442 g/mol. The van der Waals surface area contributed by atoms with Gasteiger partial charge in [0.05, 0.1) is 18.0 Å². The fourth-order valence-electron chi connectivity index (χ4n) is 2.93. The predicted molar refractivity (Wildman–Crippen MR) is 122 cm³/mol. The molecule has 0 aliphatic rings. The third-order valence-corrected chi connectivity index (χ3v) is 7.66. The Balaban J connectivity index is 2.17. The molecule has 0 saturated carbocycles. The largest absolute Gasteiger partial charge is 0.469 e. The summed E-state index contributed by atoms with van der Waals surface area (Å²) in [5.74, 6) is -0.217. The molecule has 0 radical (unpaired) electrons. The Kier molecular flexibility index (Phi) is 8.91. The fourth-order valence-corrected chi connectivity index (χ4v) is 5.52. The molecule has 2 aromatic rings. The Labute approximate surface area is 188 Å². The minimum Gasteiger partial charge on any atom is -0.469 e. The second kappa shape index (κ2) is 10.8. The number of ether oxygens (including phenoxy) is 1. The van der Waals surface area contributed by atoms with Crippen LogP contribution in [0.25, 0.3) is 0 Å². The first-order chi connectivity index (χ1) is 14.0. The molecule has 0 spiro atoms. The summed E-state index contributed by atoms with van der Waals surface area (Å²) in [6.45, 7) is 6.43. The van der Waals surface area contributed by atoms with E-state index in [2.05, 4.69) is 30.2 Å². The Hall–Kier alpha value is -1.41. The van der Waals surface area contributed by atoms with Crippen LogP contribution in [0.15, 0.2) is 41.3 Å². The highest BCUT2D eigenvalue weighted by Crippen LogP contribution is 2.33. The van der Waals surface area contributed by atoms with Crippen molar-refractivity contribution in [2.24, 2.45) is 5.41 Å². The van der Waals surface area contributed by atoms with Crippen molar-refractivity contribution in [3.8, 4) is 0 Å². The highest BCUT2D eigenvalue weighted by atomic mass is 35.5. The van der Waals surface area contributed by atoms with Crippen LogP contribution in [-0.2, 0) is 26.0 Å². The van der Waals surface area contributed by atoms with Crippen LogP contribution in [0, 0.1) is 5.41 Å². The van der Waals surface area contributed by atoms with Gasteiger partial charge >= 0.3 is 5.97 Å². The first-order valence-electron chi connectivity index (χ1n) is 9.93. The zero-order chi connectivity index (χ0) is 22.4. The monoisotopic (exact) mass is 471 g/mol. The number of carbonyl (C=O) groups excluding carboxylic acids is 1. The molecule has 1 atom stereocenters. The number of halogens is 1. The maximum Gasteiger partial charge on any atom is 0.305 e. The minimum atomic E-state index is -3.68. The minimum absolute atomic E-state index is 0.0879. The topological polar surface area (TPSA) is 72.5 Å². The molecule has 1 aromatic heterocycles. The average molecular weight is 472 g/mol. The normalized spacial score (nSPS) is 13.2. The molecule has 0 saturated heterocycles. The Morgan fingerprint density at radius 1 is 1.17 bits per heavy atom. The van der Waals surface area contributed by atoms with Gasteiger partial charge in [-0.2, -0.15) is 0 Å². The van der Waals surface area contributed by atoms with Crippen molar-refractivity contribution in [3.05, 3.63) is 51.2 Å². The van der Waals surface area contributed by atoms with Crippen molar-refractivity contribution in [1.82, 2.24) is 4.72 Å².